The Balaban J connectivity index is 2.28. The molecule has 0 fully saturated rings. The molecule has 2 aromatic carbocycles. The molecule has 3 N–H and O–H groups in total. The number of aromatic hydroxyl groups is 2. The van der Waals surface area contributed by atoms with Gasteiger partial charge in [-0.1, -0.05) is 6.07 Å². The maximum atomic E-state index is 12.6. The van der Waals surface area contributed by atoms with Crippen LogP contribution in [0.2, 0.25) is 0 Å². The van der Waals surface area contributed by atoms with Gasteiger partial charge in [0.05, 0.1) is 16.7 Å². The van der Waals surface area contributed by atoms with E-state index in [0.717, 1.165) is 12.3 Å². The van der Waals surface area contributed by atoms with Gasteiger partial charge in [-0.15, -0.1) is 0 Å². The van der Waals surface area contributed by atoms with Crippen LogP contribution in [0.25, 0.3) is 0 Å². The fourth-order valence-electron chi connectivity index (χ4n) is 1.78. The molecule has 0 saturated carbocycles. The lowest BCUT2D eigenvalue weighted by molar-refractivity contribution is -0.384. The summed E-state index contributed by atoms with van der Waals surface area (Å²) >= 11 is 0. The number of hydrazone groups is 1. The third-order valence-corrected chi connectivity index (χ3v) is 2.96. The van der Waals surface area contributed by atoms with E-state index in [2.05, 4.69) is 10.5 Å². The fraction of sp³-hybridized carbons (Fsp3) is 0.0714. The van der Waals surface area contributed by atoms with Crippen LogP contribution in [0.15, 0.2) is 41.5 Å². The molecule has 0 saturated heterocycles. The summed E-state index contributed by atoms with van der Waals surface area (Å²) < 4.78 is 37.8. The Morgan fingerprint density at radius 1 is 1.21 bits per heavy atom. The Morgan fingerprint density at radius 3 is 2.54 bits per heavy atom. The summed E-state index contributed by atoms with van der Waals surface area (Å²) in [6.07, 6.45) is -3.66. The molecule has 24 heavy (non-hydrogen) atoms. The van der Waals surface area contributed by atoms with E-state index in [-0.39, 0.29) is 17.0 Å². The summed E-state index contributed by atoms with van der Waals surface area (Å²) in [6.45, 7) is 0. The minimum Gasteiger partial charge on any atom is -0.504 e. The second-order valence-electron chi connectivity index (χ2n) is 4.57. The number of phenols is 2. The van der Waals surface area contributed by atoms with Crippen molar-refractivity contribution in [3.05, 3.63) is 57.6 Å². The number of anilines is 1. The van der Waals surface area contributed by atoms with Crippen LogP contribution < -0.4 is 5.43 Å². The fourth-order valence-corrected chi connectivity index (χ4v) is 1.78. The van der Waals surface area contributed by atoms with Gasteiger partial charge in [-0.2, -0.15) is 18.3 Å². The first-order valence-electron chi connectivity index (χ1n) is 6.36. The van der Waals surface area contributed by atoms with Crippen molar-refractivity contribution >= 4 is 17.6 Å². The lowest BCUT2D eigenvalue weighted by atomic mass is 10.1. The predicted molar refractivity (Wildman–Crippen MR) is 79.1 cm³/mol. The van der Waals surface area contributed by atoms with Crippen LogP contribution in [0.1, 0.15) is 11.1 Å². The van der Waals surface area contributed by atoms with Crippen LogP contribution in [0.5, 0.6) is 11.5 Å². The molecule has 126 valence electrons. The van der Waals surface area contributed by atoms with Gasteiger partial charge >= 0.3 is 6.18 Å². The second-order valence-corrected chi connectivity index (χ2v) is 4.57. The molecule has 0 aliphatic carbocycles. The monoisotopic (exact) mass is 341 g/mol. The number of halogens is 3. The van der Waals surface area contributed by atoms with Crippen LogP contribution >= 0.6 is 0 Å². The number of benzene rings is 2. The van der Waals surface area contributed by atoms with Crippen molar-refractivity contribution in [1.29, 1.82) is 0 Å². The molecule has 0 aliphatic heterocycles. The number of phenolic OH excluding ortho intramolecular Hbond substituents is 2. The van der Waals surface area contributed by atoms with Crippen LogP contribution in [0.3, 0.4) is 0 Å². The minimum absolute atomic E-state index is 0.108. The Bertz CT molecular complexity index is 806. The number of nitrogens with one attached hydrogen (secondary N) is 1. The van der Waals surface area contributed by atoms with Crippen molar-refractivity contribution in [3.63, 3.8) is 0 Å². The normalized spacial score (nSPS) is 11.6. The topological polar surface area (TPSA) is 108 Å². The molecule has 0 aromatic heterocycles. The molecule has 0 unspecified atom stereocenters. The highest BCUT2D eigenvalue weighted by molar-refractivity contribution is 5.85. The highest BCUT2D eigenvalue weighted by atomic mass is 19.4. The summed E-state index contributed by atoms with van der Waals surface area (Å²) in [5.74, 6) is -0.843. The van der Waals surface area contributed by atoms with E-state index in [4.69, 9.17) is 0 Å². The van der Waals surface area contributed by atoms with Crippen molar-refractivity contribution in [1.82, 2.24) is 0 Å². The molecular formula is C14H10F3N3O4. The number of rotatable bonds is 4. The average molecular weight is 341 g/mol. The summed E-state index contributed by atoms with van der Waals surface area (Å²) in [6, 6.07) is 6.01. The first kappa shape index (κ1) is 17.1. The zero-order valence-electron chi connectivity index (χ0n) is 11.8. The molecular weight excluding hydrogens is 331 g/mol. The van der Waals surface area contributed by atoms with Gasteiger partial charge in [-0.05, 0) is 24.3 Å². The lowest BCUT2D eigenvalue weighted by Crippen LogP contribution is -2.06. The van der Waals surface area contributed by atoms with Crippen molar-refractivity contribution in [2.45, 2.75) is 6.18 Å². The number of nitro groups is 1. The number of hydrogen-bond donors (Lipinski definition) is 3. The number of para-hydroxylation sites is 1. The Hall–Kier alpha value is -3.30. The van der Waals surface area contributed by atoms with Gasteiger partial charge < -0.3 is 10.2 Å². The summed E-state index contributed by atoms with van der Waals surface area (Å²) in [7, 11) is 0. The Kier molecular flexibility index (Phi) is 4.58. The SMILES string of the molecule is O=[N+]([O-])c1cc(C(F)(F)F)ccc1N/N=C/c1cccc(O)c1O. The van der Waals surface area contributed by atoms with Crippen LogP contribution in [0, 0.1) is 10.1 Å². The third-order valence-electron chi connectivity index (χ3n) is 2.96. The van der Waals surface area contributed by atoms with Gasteiger partial charge in [0.2, 0.25) is 0 Å². The number of nitro benzene ring substituents is 1. The van der Waals surface area contributed by atoms with Crippen LogP contribution in [-0.4, -0.2) is 21.4 Å². The van der Waals surface area contributed by atoms with E-state index >= 15 is 0 Å². The molecule has 0 atom stereocenters. The predicted octanol–water partition coefficient (Wildman–Crippen LogP) is 3.47. The first-order valence-corrected chi connectivity index (χ1v) is 6.36. The zero-order valence-corrected chi connectivity index (χ0v) is 11.8. The summed E-state index contributed by atoms with van der Waals surface area (Å²) in [5, 5.41) is 33.4. The minimum atomic E-state index is -4.71. The average Bonchev–Trinajstić information content (AvgIpc) is 2.50. The summed E-state index contributed by atoms with van der Waals surface area (Å²) in [5.41, 5.74) is 0.123. The van der Waals surface area contributed by atoms with E-state index in [1.54, 1.807) is 0 Å². The van der Waals surface area contributed by atoms with Gasteiger partial charge in [0.15, 0.2) is 11.5 Å². The first-order chi connectivity index (χ1) is 11.2. The number of nitrogens with zero attached hydrogens (tertiary/aromatic N) is 2. The number of alkyl halides is 3. The van der Waals surface area contributed by atoms with E-state index in [1.165, 1.54) is 18.2 Å². The van der Waals surface area contributed by atoms with Gasteiger partial charge in [0.1, 0.15) is 5.69 Å². The maximum absolute atomic E-state index is 12.6. The van der Waals surface area contributed by atoms with Crippen molar-refractivity contribution in [3.8, 4) is 11.5 Å². The van der Waals surface area contributed by atoms with Crippen molar-refractivity contribution in [2.24, 2.45) is 5.10 Å². The van der Waals surface area contributed by atoms with E-state index < -0.39 is 28.1 Å². The molecule has 0 spiro atoms. The Morgan fingerprint density at radius 2 is 1.92 bits per heavy atom. The molecule has 0 amide bonds. The van der Waals surface area contributed by atoms with Gasteiger partial charge in [0.25, 0.3) is 5.69 Å². The lowest BCUT2D eigenvalue weighted by Gasteiger charge is -2.08. The highest BCUT2D eigenvalue weighted by Crippen LogP contribution is 2.35. The zero-order chi connectivity index (χ0) is 17.9. The van der Waals surface area contributed by atoms with Crippen molar-refractivity contribution in [2.75, 3.05) is 5.43 Å². The van der Waals surface area contributed by atoms with Crippen molar-refractivity contribution < 1.29 is 28.3 Å². The highest BCUT2D eigenvalue weighted by Gasteiger charge is 2.33. The van der Waals surface area contributed by atoms with Crippen LogP contribution in [-0.2, 0) is 6.18 Å². The second kappa shape index (κ2) is 6.44. The van der Waals surface area contributed by atoms with Gasteiger partial charge in [0, 0.05) is 11.6 Å². The quantitative estimate of drug-likeness (QED) is 0.341. The number of hydrogen-bond acceptors (Lipinski definition) is 6. The molecule has 0 radical (unpaired) electrons. The van der Waals surface area contributed by atoms with Crippen LogP contribution in [0.4, 0.5) is 24.5 Å². The molecule has 0 heterocycles. The van der Waals surface area contributed by atoms with E-state index in [0.29, 0.717) is 12.1 Å². The largest absolute Gasteiger partial charge is 0.504 e. The van der Waals surface area contributed by atoms with Gasteiger partial charge in [-0.3, -0.25) is 15.5 Å². The standard InChI is InChI=1S/C14H10F3N3O4/c15-14(16,17)9-4-5-10(11(6-9)20(23)24)19-18-7-8-2-1-3-12(21)13(8)22/h1-7,19,21-22H/b18-7+. The summed E-state index contributed by atoms with van der Waals surface area (Å²) in [4.78, 5) is 9.93. The van der Waals surface area contributed by atoms with E-state index in [9.17, 15) is 33.5 Å². The maximum Gasteiger partial charge on any atom is 0.416 e. The Labute approximate surface area is 132 Å². The molecule has 2 rings (SSSR count). The van der Waals surface area contributed by atoms with E-state index in [1.807, 2.05) is 0 Å². The van der Waals surface area contributed by atoms with Gasteiger partial charge in [-0.25, -0.2) is 0 Å². The molecule has 0 aliphatic rings. The molecule has 0 bridgehead atoms. The molecule has 10 heteroatoms. The molecule has 7 nitrogen and oxygen atoms in total. The molecule has 2 aromatic rings. The smallest absolute Gasteiger partial charge is 0.416 e. The third kappa shape index (κ3) is 3.72.